The van der Waals surface area contributed by atoms with Crippen molar-refractivity contribution in [1.82, 2.24) is 14.7 Å². The van der Waals surface area contributed by atoms with Gasteiger partial charge in [-0.05, 0) is 77.1 Å². The summed E-state index contributed by atoms with van der Waals surface area (Å²) in [4.78, 5) is 2.23. The molecule has 1 aromatic heterocycles. The van der Waals surface area contributed by atoms with Crippen molar-refractivity contribution in [2.45, 2.75) is 59.3 Å². The maximum Gasteiger partial charge on any atom is 0.227 e. The third kappa shape index (κ3) is 7.82. The van der Waals surface area contributed by atoms with Crippen LogP contribution in [0.15, 0.2) is 54.6 Å². The van der Waals surface area contributed by atoms with Crippen molar-refractivity contribution in [3.8, 4) is 23.1 Å². The fraction of sp³-hybridized carbons (Fsp3) is 0.464. The molecule has 0 fully saturated rings. The van der Waals surface area contributed by atoms with Crippen LogP contribution in [0.25, 0.3) is 5.69 Å². The Morgan fingerprint density at radius 1 is 1.03 bits per heavy atom. The van der Waals surface area contributed by atoms with Crippen LogP contribution < -0.4 is 9.47 Å². The summed E-state index contributed by atoms with van der Waals surface area (Å²) in [6.45, 7) is 12.4. The van der Waals surface area contributed by atoms with Crippen LogP contribution in [0.1, 0.15) is 45.4 Å². The molecule has 0 spiro atoms. The Balaban J connectivity index is 1.90. The highest BCUT2D eigenvalue weighted by atomic mass is 16.5. The highest BCUT2D eigenvalue weighted by Crippen LogP contribution is 2.32. The maximum absolute atomic E-state index is 10.7. The minimum absolute atomic E-state index is 0.288. The summed E-state index contributed by atoms with van der Waals surface area (Å²) in [5, 5.41) is 15.5. The molecular weight excluding hydrogens is 442 g/mol. The van der Waals surface area contributed by atoms with Gasteiger partial charge in [0.05, 0.1) is 42.4 Å². The Bertz CT molecular complexity index is 1040. The van der Waals surface area contributed by atoms with E-state index in [9.17, 15) is 5.11 Å². The number of aliphatic hydroxyl groups excluding tert-OH is 1. The number of nitrogens with zero attached hydrogens (tertiary/aromatic N) is 3. The molecule has 1 unspecified atom stereocenters. The number of hydrogen-bond acceptors (Lipinski definition) is 6. The van der Waals surface area contributed by atoms with Gasteiger partial charge >= 0.3 is 0 Å². The Kier molecular flexibility index (Phi) is 9.32. The van der Waals surface area contributed by atoms with E-state index in [-0.39, 0.29) is 5.60 Å². The standard InChI is InChI=1S/C28H39N3O4/c1-7-17-30(18-23(32)20-34-28(3,4)5)19-26-21(2)29-31(22-11-9-8-10-12-22)27(26)35-25-15-13-24(33-6)14-16-25/h8-16,23,32H,7,17-20H2,1-6H3. The van der Waals surface area contributed by atoms with E-state index in [1.165, 1.54) is 0 Å². The molecule has 0 saturated heterocycles. The van der Waals surface area contributed by atoms with Gasteiger partial charge in [0.25, 0.3) is 0 Å². The highest BCUT2D eigenvalue weighted by molar-refractivity contribution is 5.44. The number of hydrogen-bond donors (Lipinski definition) is 1. The number of aliphatic hydroxyl groups is 1. The molecule has 0 radical (unpaired) electrons. The number of benzene rings is 2. The van der Waals surface area contributed by atoms with Crippen LogP contribution in [0, 0.1) is 6.92 Å². The Labute approximate surface area is 209 Å². The predicted octanol–water partition coefficient (Wildman–Crippen LogP) is 5.37. The maximum atomic E-state index is 10.7. The van der Waals surface area contributed by atoms with Gasteiger partial charge < -0.3 is 19.3 Å². The molecule has 190 valence electrons. The van der Waals surface area contributed by atoms with Crippen LogP contribution >= 0.6 is 0 Å². The number of para-hydroxylation sites is 1. The zero-order valence-corrected chi connectivity index (χ0v) is 21.8. The number of aromatic nitrogens is 2. The molecule has 3 aromatic rings. The topological polar surface area (TPSA) is 69.0 Å². The molecule has 1 N–H and O–H groups in total. The molecule has 0 aliphatic heterocycles. The molecule has 7 heteroatoms. The van der Waals surface area contributed by atoms with Crippen molar-refractivity contribution in [2.24, 2.45) is 0 Å². The molecule has 2 aromatic carbocycles. The summed E-state index contributed by atoms with van der Waals surface area (Å²) in [7, 11) is 1.64. The van der Waals surface area contributed by atoms with E-state index >= 15 is 0 Å². The summed E-state index contributed by atoms with van der Waals surface area (Å²) in [5.41, 5.74) is 2.51. The first kappa shape index (κ1) is 26.7. The number of methoxy groups -OCH3 is 1. The zero-order valence-electron chi connectivity index (χ0n) is 21.8. The predicted molar refractivity (Wildman–Crippen MR) is 139 cm³/mol. The van der Waals surface area contributed by atoms with E-state index in [0.29, 0.717) is 31.3 Å². The fourth-order valence-corrected chi connectivity index (χ4v) is 3.80. The van der Waals surface area contributed by atoms with Crippen LogP contribution in [0.3, 0.4) is 0 Å². The van der Waals surface area contributed by atoms with Crippen LogP contribution in [0.4, 0.5) is 0 Å². The number of ether oxygens (including phenoxy) is 3. The average Bonchev–Trinajstić information content (AvgIpc) is 3.13. The summed E-state index contributed by atoms with van der Waals surface area (Å²) in [5.74, 6) is 2.14. The second-order valence-electron chi connectivity index (χ2n) is 9.71. The summed E-state index contributed by atoms with van der Waals surface area (Å²) in [6, 6.07) is 17.5. The zero-order chi connectivity index (χ0) is 25.4. The van der Waals surface area contributed by atoms with Crippen molar-refractivity contribution in [3.63, 3.8) is 0 Å². The Morgan fingerprint density at radius 2 is 1.69 bits per heavy atom. The molecular formula is C28H39N3O4. The smallest absolute Gasteiger partial charge is 0.227 e. The van der Waals surface area contributed by atoms with Crippen LogP contribution in [0.5, 0.6) is 17.4 Å². The Morgan fingerprint density at radius 3 is 2.29 bits per heavy atom. The highest BCUT2D eigenvalue weighted by Gasteiger charge is 2.23. The Hall–Kier alpha value is -2.87. The molecule has 0 bridgehead atoms. The van der Waals surface area contributed by atoms with Gasteiger partial charge in [0, 0.05) is 13.1 Å². The first-order chi connectivity index (χ1) is 16.7. The second kappa shape index (κ2) is 12.2. The molecule has 0 aliphatic carbocycles. The van der Waals surface area contributed by atoms with Crippen LogP contribution in [-0.4, -0.2) is 58.3 Å². The van der Waals surface area contributed by atoms with E-state index in [4.69, 9.17) is 19.3 Å². The van der Waals surface area contributed by atoms with E-state index in [2.05, 4.69) is 11.8 Å². The normalized spacial score (nSPS) is 12.7. The molecule has 0 saturated carbocycles. The van der Waals surface area contributed by atoms with Gasteiger partial charge in [0.2, 0.25) is 5.88 Å². The second-order valence-corrected chi connectivity index (χ2v) is 9.71. The first-order valence-electron chi connectivity index (χ1n) is 12.2. The lowest BCUT2D eigenvalue weighted by atomic mass is 10.2. The SMILES string of the molecule is CCCN(Cc1c(C)nn(-c2ccccc2)c1Oc1ccc(OC)cc1)CC(O)COC(C)(C)C. The van der Waals surface area contributed by atoms with Crippen molar-refractivity contribution < 1.29 is 19.3 Å². The first-order valence-corrected chi connectivity index (χ1v) is 12.2. The molecule has 1 heterocycles. The van der Waals surface area contributed by atoms with E-state index in [1.54, 1.807) is 7.11 Å². The minimum atomic E-state index is -0.587. The van der Waals surface area contributed by atoms with Crippen molar-refractivity contribution in [3.05, 3.63) is 65.9 Å². The number of aryl methyl sites for hydroxylation is 1. The van der Waals surface area contributed by atoms with Gasteiger partial charge in [-0.15, -0.1) is 0 Å². The largest absolute Gasteiger partial charge is 0.497 e. The van der Waals surface area contributed by atoms with E-state index < -0.39 is 6.10 Å². The van der Waals surface area contributed by atoms with E-state index in [0.717, 1.165) is 35.7 Å². The molecule has 0 aliphatic rings. The molecule has 1 atom stereocenters. The third-order valence-electron chi connectivity index (χ3n) is 5.51. The average molecular weight is 482 g/mol. The lowest BCUT2D eigenvalue weighted by Gasteiger charge is -2.27. The molecule has 35 heavy (non-hydrogen) atoms. The summed E-state index contributed by atoms with van der Waals surface area (Å²) in [6.07, 6.45) is 0.379. The van der Waals surface area contributed by atoms with Gasteiger partial charge in [-0.25, -0.2) is 4.68 Å². The van der Waals surface area contributed by atoms with E-state index in [1.807, 2.05) is 87.0 Å². The van der Waals surface area contributed by atoms with Gasteiger partial charge in [-0.2, -0.15) is 5.10 Å². The lowest BCUT2D eigenvalue weighted by Crippen LogP contribution is -2.37. The van der Waals surface area contributed by atoms with Gasteiger partial charge in [-0.3, -0.25) is 4.90 Å². The van der Waals surface area contributed by atoms with Gasteiger partial charge in [0.1, 0.15) is 11.5 Å². The molecule has 3 rings (SSSR count). The minimum Gasteiger partial charge on any atom is -0.497 e. The van der Waals surface area contributed by atoms with Gasteiger partial charge in [0.15, 0.2) is 0 Å². The molecule has 0 amide bonds. The lowest BCUT2D eigenvalue weighted by molar-refractivity contribution is -0.0567. The van der Waals surface area contributed by atoms with Crippen molar-refractivity contribution in [1.29, 1.82) is 0 Å². The van der Waals surface area contributed by atoms with Crippen LogP contribution in [0.2, 0.25) is 0 Å². The quantitative estimate of drug-likeness (QED) is 0.375. The monoisotopic (exact) mass is 481 g/mol. The van der Waals surface area contributed by atoms with Crippen molar-refractivity contribution in [2.75, 3.05) is 26.8 Å². The number of rotatable bonds is 12. The fourth-order valence-electron chi connectivity index (χ4n) is 3.80. The molecule has 7 nitrogen and oxygen atoms in total. The summed E-state index contributed by atoms with van der Waals surface area (Å²) < 4.78 is 19.4. The van der Waals surface area contributed by atoms with Crippen LogP contribution in [-0.2, 0) is 11.3 Å². The van der Waals surface area contributed by atoms with Gasteiger partial charge in [-0.1, -0.05) is 25.1 Å². The summed E-state index contributed by atoms with van der Waals surface area (Å²) >= 11 is 0. The van der Waals surface area contributed by atoms with Crippen molar-refractivity contribution >= 4 is 0 Å². The third-order valence-corrected chi connectivity index (χ3v) is 5.51.